The number of rotatable bonds is 6. The molecule has 0 aliphatic heterocycles. The average molecular weight is 477 g/mol. The van der Waals surface area contributed by atoms with E-state index in [2.05, 4.69) is 31.2 Å². The van der Waals surface area contributed by atoms with Gasteiger partial charge in [-0.3, -0.25) is 4.79 Å². The lowest BCUT2D eigenvalue weighted by molar-refractivity contribution is -0.122. The highest BCUT2D eigenvalue weighted by Crippen LogP contribution is 2.29. The highest BCUT2D eigenvalue weighted by molar-refractivity contribution is 9.10. The second kappa shape index (κ2) is 9.24. The van der Waals surface area contributed by atoms with Gasteiger partial charge in [0.05, 0.1) is 4.47 Å². The number of benzene rings is 2. The topological polar surface area (TPSA) is 73.3 Å². The molecule has 1 amide bonds. The van der Waals surface area contributed by atoms with E-state index in [1.807, 2.05) is 19.9 Å². The molecule has 0 saturated carbocycles. The van der Waals surface area contributed by atoms with Gasteiger partial charge in [-0.2, -0.15) is 0 Å². The zero-order chi connectivity index (χ0) is 21.0. The molecule has 3 aromatic rings. The van der Waals surface area contributed by atoms with Gasteiger partial charge in [-0.05, 0) is 85.2 Å². The predicted molar refractivity (Wildman–Crippen MR) is 116 cm³/mol. The standard InChI is InChI=1S/C21H19BrClN3O3/c1-12-10-13(2)25-21(24-12)29-17-7-5-16(6-8-17)26-20(27)14(3)28-19-9-4-15(23)11-18(19)22/h4-11,14H,1-3H3,(H,26,27). The van der Waals surface area contributed by atoms with Crippen LogP contribution < -0.4 is 14.8 Å². The summed E-state index contributed by atoms with van der Waals surface area (Å²) < 4.78 is 12.1. The van der Waals surface area contributed by atoms with Crippen LogP contribution in [0, 0.1) is 13.8 Å². The van der Waals surface area contributed by atoms with E-state index in [-0.39, 0.29) is 11.9 Å². The van der Waals surface area contributed by atoms with E-state index in [4.69, 9.17) is 21.1 Å². The number of hydrogen-bond donors (Lipinski definition) is 1. The van der Waals surface area contributed by atoms with Crippen LogP contribution in [0.2, 0.25) is 5.02 Å². The molecule has 1 heterocycles. The molecule has 0 bridgehead atoms. The Labute approximate surface area is 182 Å². The normalized spacial score (nSPS) is 11.6. The van der Waals surface area contributed by atoms with Crippen molar-refractivity contribution in [2.75, 3.05) is 5.32 Å². The Morgan fingerprint density at radius 1 is 1.07 bits per heavy atom. The van der Waals surface area contributed by atoms with Crippen molar-refractivity contribution in [3.63, 3.8) is 0 Å². The molecule has 1 atom stereocenters. The fourth-order valence-corrected chi connectivity index (χ4v) is 3.29. The number of hydrogen-bond acceptors (Lipinski definition) is 5. The monoisotopic (exact) mass is 475 g/mol. The molecule has 1 N–H and O–H groups in total. The van der Waals surface area contributed by atoms with Crippen LogP contribution in [0.5, 0.6) is 17.5 Å². The van der Waals surface area contributed by atoms with Gasteiger partial charge in [-0.25, -0.2) is 9.97 Å². The van der Waals surface area contributed by atoms with Gasteiger partial charge in [0, 0.05) is 22.1 Å². The number of amides is 1. The molecule has 0 aliphatic rings. The quantitative estimate of drug-likeness (QED) is 0.493. The van der Waals surface area contributed by atoms with Crippen molar-refractivity contribution in [3.05, 3.63) is 69.4 Å². The Hall–Kier alpha value is -2.64. The summed E-state index contributed by atoms with van der Waals surface area (Å²) in [6.07, 6.45) is -0.702. The molecule has 1 unspecified atom stereocenters. The van der Waals surface area contributed by atoms with E-state index in [0.29, 0.717) is 26.7 Å². The van der Waals surface area contributed by atoms with Crippen LogP contribution in [-0.2, 0) is 4.79 Å². The molecule has 29 heavy (non-hydrogen) atoms. The van der Waals surface area contributed by atoms with Crippen LogP contribution >= 0.6 is 27.5 Å². The summed E-state index contributed by atoms with van der Waals surface area (Å²) in [5, 5.41) is 3.39. The summed E-state index contributed by atoms with van der Waals surface area (Å²) in [4.78, 5) is 20.9. The van der Waals surface area contributed by atoms with Crippen LogP contribution in [-0.4, -0.2) is 22.0 Å². The molecule has 2 aromatic carbocycles. The highest BCUT2D eigenvalue weighted by atomic mass is 79.9. The zero-order valence-corrected chi connectivity index (χ0v) is 18.4. The maximum Gasteiger partial charge on any atom is 0.322 e. The Morgan fingerprint density at radius 2 is 1.72 bits per heavy atom. The Bertz CT molecular complexity index is 1010. The van der Waals surface area contributed by atoms with E-state index < -0.39 is 6.10 Å². The van der Waals surface area contributed by atoms with Gasteiger partial charge in [0.15, 0.2) is 6.10 Å². The summed E-state index contributed by atoms with van der Waals surface area (Å²) in [6, 6.07) is 14.2. The average Bonchev–Trinajstić information content (AvgIpc) is 2.64. The Morgan fingerprint density at radius 3 is 2.34 bits per heavy atom. The summed E-state index contributed by atoms with van der Waals surface area (Å²) in [5.41, 5.74) is 2.28. The van der Waals surface area contributed by atoms with Crippen LogP contribution in [0.4, 0.5) is 5.69 Å². The minimum absolute atomic E-state index is 0.279. The van der Waals surface area contributed by atoms with E-state index in [1.54, 1.807) is 49.4 Å². The molecule has 0 saturated heterocycles. The highest BCUT2D eigenvalue weighted by Gasteiger charge is 2.16. The van der Waals surface area contributed by atoms with Gasteiger partial charge in [0.25, 0.3) is 5.91 Å². The minimum Gasteiger partial charge on any atom is -0.480 e. The fraction of sp³-hybridized carbons (Fsp3) is 0.190. The van der Waals surface area contributed by atoms with Gasteiger partial charge in [-0.15, -0.1) is 0 Å². The molecule has 1 aromatic heterocycles. The van der Waals surface area contributed by atoms with E-state index in [1.165, 1.54) is 0 Å². The molecule has 0 spiro atoms. The lowest BCUT2D eigenvalue weighted by atomic mass is 10.2. The van der Waals surface area contributed by atoms with Crippen molar-refractivity contribution in [1.82, 2.24) is 9.97 Å². The number of aromatic nitrogens is 2. The van der Waals surface area contributed by atoms with Gasteiger partial charge >= 0.3 is 6.01 Å². The van der Waals surface area contributed by atoms with Crippen molar-refractivity contribution >= 4 is 39.1 Å². The maximum atomic E-state index is 12.4. The van der Waals surface area contributed by atoms with Crippen molar-refractivity contribution in [3.8, 4) is 17.5 Å². The SMILES string of the molecule is Cc1cc(C)nc(Oc2ccc(NC(=O)C(C)Oc3ccc(Cl)cc3Br)cc2)n1. The second-order valence-electron chi connectivity index (χ2n) is 6.38. The molecule has 150 valence electrons. The first-order chi connectivity index (χ1) is 13.8. The van der Waals surface area contributed by atoms with E-state index in [0.717, 1.165) is 11.4 Å². The molecule has 8 heteroatoms. The van der Waals surface area contributed by atoms with Gasteiger partial charge in [0.2, 0.25) is 0 Å². The smallest absolute Gasteiger partial charge is 0.322 e. The molecule has 0 fully saturated rings. The molecule has 0 aliphatic carbocycles. The number of ether oxygens (including phenoxy) is 2. The summed E-state index contributed by atoms with van der Waals surface area (Å²) in [7, 11) is 0. The van der Waals surface area contributed by atoms with Gasteiger partial charge in [0.1, 0.15) is 11.5 Å². The first-order valence-corrected chi connectivity index (χ1v) is 10.00. The third kappa shape index (κ3) is 5.92. The van der Waals surface area contributed by atoms with E-state index >= 15 is 0 Å². The Balaban J connectivity index is 1.60. The van der Waals surface area contributed by atoms with Crippen LogP contribution in [0.3, 0.4) is 0 Å². The van der Waals surface area contributed by atoms with Crippen molar-refractivity contribution in [2.24, 2.45) is 0 Å². The number of aryl methyl sites for hydroxylation is 2. The Kier molecular flexibility index (Phi) is 6.71. The number of nitrogens with zero attached hydrogens (tertiary/aromatic N) is 2. The number of halogens is 2. The number of anilines is 1. The zero-order valence-electron chi connectivity index (χ0n) is 16.1. The van der Waals surface area contributed by atoms with Gasteiger partial charge in [-0.1, -0.05) is 11.6 Å². The molecule has 0 radical (unpaired) electrons. The van der Waals surface area contributed by atoms with Gasteiger partial charge < -0.3 is 14.8 Å². The van der Waals surface area contributed by atoms with Crippen molar-refractivity contribution in [2.45, 2.75) is 26.9 Å². The number of carbonyl (C=O) groups is 1. The summed E-state index contributed by atoms with van der Waals surface area (Å²) in [5.74, 6) is 0.829. The van der Waals surface area contributed by atoms with Crippen LogP contribution in [0.15, 0.2) is 53.0 Å². The first kappa shape index (κ1) is 21.1. The maximum absolute atomic E-state index is 12.4. The van der Waals surface area contributed by atoms with Crippen molar-refractivity contribution < 1.29 is 14.3 Å². The van der Waals surface area contributed by atoms with Crippen LogP contribution in [0.1, 0.15) is 18.3 Å². The summed E-state index contributed by atoms with van der Waals surface area (Å²) >= 11 is 9.29. The third-order valence-corrected chi connectivity index (χ3v) is 4.71. The lowest BCUT2D eigenvalue weighted by Crippen LogP contribution is -2.30. The minimum atomic E-state index is -0.702. The first-order valence-electron chi connectivity index (χ1n) is 8.83. The third-order valence-electron chi connectivity index (χ3n) is 3.86. The van der Waals surface area contributed by atoms with Crippen molar-refractivity contribution in [1.29, 1.82) is 0 Å². The number of carbonyl (C=O) groups excluding carboxylic acids is 1. The second-order valence-corrected chi connectivity index (χ2v) is 7.67. The fourth-order valence-electron chi connectivity index (χ4n) is 2.51. The largest absolute Gasteiger partial charge is 0.480 e. The lowest BCUT2D eigenvalue weighted by Gasteiger charge is -2.16. The molecule has 3 rings (SSSR count). The summed E-state index contributed by atoms with van der Waals surface area (Å²) in [6.45, 7) is 5.43. The molecular formula is C21H19BrClN3O3. The molecule has 6 nitrogen and oxygen atoms in total. The van der Waals surface area contributed by atoms with Crippen LogP contribution in [0.25, 0.3) is 0 Å². The predicted octanol–water partition coefficient (Wildman–Crippen LogP) is 5.71. The molecular weight excluding hydrogens is 458 g/mol. The van der Waals surface area contributed by atoms with E-state index in [9.17, 15) is 4.79 Å². The number of nitrogens with one attached hydrogen (secondary N) is 1.